The topological polar surface area (TPSA) is 67.0 Å². The number of hydrogen-bond acceptors (Lipinski definition) is 3. The fourth-order valence-electron chi connectivity index (χ4n) is 3.11. The zero-order chi connectivity index (χ0) is 20.5. The number of carbonyl (C=O) groups excluding carboxylic acids is 1. The first kappa shape index (κ1) is 20.2. The molecule has 0 atom stereocenters. The Morgan fingerprint density at radius 2 is 1.72 bits per heavy atom. The minimum atomic E-state index is -0.229. The van der Waals surface area contributed by atoms with Crippen LogP contribution < -0.4 is 10.1 Å². The molecule has 0 unspecified atom stereocenters. The summed E-state index contributed by atoms with van der Waals surface area (Å²) in [4.78, 5) is 12.7. The molecule has 0 radical (unpaired) electrons. The van der Waals surface area contributed by atoms with Crippen LogP contribution in [0.1, 0.15) is 48.7 Å². The molecule has 3 aromatic rings. The lowest BCUT2D eigenvalue weighted by Crippen LogP contribution is -2.27. The predicted molar refractivity (Wildman–Crippen MR) is 113 cm³/mol. The van der Waals surface area contributed by atoms with E-state index in [0.29, 0.717) is 23.6 Å². The molecule has 2 aromatic carbocycles. The van der Waals surface area contributed by atoms with E-state index in [1.54, 1.807) is 16.8 Å². The van der Waals surface area contributed by atoms with E-state index < -0.39 is 0 Å². The van der Waals surface area contributed by atoms with Crippen LogP contribution in [0.3, 0.4) is 0 Å². The lowest BCUT2D eigenvalue weighted by Gasteiger charge is -2.12. The predicted octanol–water partition coefficient (Wildman–Crippen LogP) is 5.45. The van der Waals surface area contributed by atoms with Crippen molar-refractivity contribution in [2.24, 2.45) is 0 Å². The Balaban J connectivity index is 1.74. The highest BCUT2D eigenvalue weighted by Crippen LogP contribution is 2.24. The molecule has 3 rings (SSSR count). The second-order valence-corrected chi connectivity index (χ2v) is 6.79. The number of benzene rings is 2. The van der Waals surface area contributed by atoms with Gasteiger partial charge >= 0.3 is 0 Å². The van der Waals surface area contributed by atoms with Gasteiger partial charge in [0.2, 0.25) is 0 Å². The van der Waals surface area contributed by atoms with Crippen molar-refractivity contribution >= 4 is 5.91 Å². The van der Waals surface area contributed by atoms with Crippen LogP contribution in [0.5, 0.6) is 11.5 Å². The van der Waals surface area contributed by atoms with E-state index in [0.717, 1.165) is 37.1 Å². The standard InChI is InChI=1S/C24H25N3O2/c1-2-3-4-8-16-26-24(28)23-19(18-25)15-17-27(23)20-11-13-22(14-12-20)29-21-9-6-5-7-10-21/h5-7,9-15,17H,2-4,8,16H2,1H3,(H,26,28). The number of ether oxygens (including phenoxy) is 1. The SMILES string of the molecule is CCCCCCNC(=O)c1c(C#N)ccn1-c1ccc(Oc2ccccc2)cc1. The zero-order valence-electron chi connectivity index (χ0n) is 16.6. The van der Waals surface area contributed by atoms with E-state index in [4.69, 9.17) is 4.74 Å². The molecule has 0 aliphatic heterocycles. The molecule has 0 aliphatic carbocycles. The smallest absolute Gasteiger partial charge is 0.269 e. The lowest BCUT2D eigenvalue weighted by atomic mass is 10.2. The number of para-hydroxylation sites is 1. The second kappa shape index (κ2) is 10.1. The van der Waals surface area contributed by atoms with Gasteiger partial charge in [-0.25, -0.2) is 0 Å². The van der Waals surface area contributed by atoms with Crippen LogP contribution >= 0.6 is 0 Å². The number of nitrogens with zero attached hydrogens (tertiary/aromatic N) is 2. The summed E-state index contributed by atoms with van der Waals surface area (Å²) in [6.07, 6.45) is 6.09. The minimum absolute atomic E-state index is 0.229. The Hall–Kier alpha value is -3.52. The van der Waals surface area contributed by atoms with Crippen molar-refractivity contribution in [3.63, 3.8) is 0 Å². The molecule has 5 heteroatoms. The summed E-state index contributed by atoms with van der Waals surface area (Å²) < 4.78 is 7.56. The molecule has 1 heterocycles. The van der Waals surface area contributed by atoms with E-state index in [1.807, 2.05) is 54.6 Å². The average molecular weight is 387 g/mol. The number of nitrogens with one attached hydrogen (secondary N) is 1. The van der Waals surface area contributed by atoms with Gasteiger partial charge in [-0.1, -0.05) is 44.4 Å². The van der Waals surface area contributed by atoms with Crippen molar-refractivity contribution in [2.45, 2.75) is 32.6 Å². The first-order chi connectivity index (χ1) is 14.2. The Morgan fingerprint density at radius 1 is 1.00 bits per heavy atom. The Morgan fingerprint density at radius 3 is 2.41 bits per heavy atom. The molecule has 29 heavy (non-hydrogen) atoms. The van der Waals surface area contributed by atoms with Gasteiger partial charge in [-0.05, 0) is 48.9 Å². The van der Waals surface area contributed by atoms with Crippen molar-refractivity contribution in [2.75, 3.05) is 6.54 Å². The fraction of sp³-hybridized carbons (Fsp3) is 0.250. The molecule has 0 aliphatic rings. The Kier molecular flexibility index (Phi) is 7.07. The third-order valence-electron chi connectivity index (χ3n) is 4.63. The van der Waals surface area contributed by atoms with Gasteiger partial charge in [-0.3, -0.25) is 4.79 Å². The van der Waals surface area contributed by atoms with Crippen molar-refractivity contribution in [1.29, 1.82) is 5.26 Å². The maximum atomic E-state index is 12.7. The summed E-state index contributed by atoms with van der Waals surface area (Å²) in [6, 6.07) is 20.8. The molecule has 0 spiro atoms. The van der Waals surface area contributed by atoms with Gasteiger partial charge in [-0.15, -0.1) is 0 Å². The molecule has 148 valence electrons. The Bertz CT molecular complexity index is 970. The van der Waals surface area contributed by atoms with E-state index in [1.165, 1.54) is 0 Å². The molecule has 0 saturated heterocycles. The van der Waals surface area contributed by atoms with Gasteiger partial charge in [0.05, 0.1) is 5.56 Å². The third-order valence-corrected chi connectivity index (χ3v) is 4.63. The van der Waals surface area contributed by atoms with Crippen LogP contribution in [-0.4, -0.2) is 17.0 Å². The molecular formula is C24H25N3O2. The number of hydrogen-bond donors (Lipinski definition) is 1. The molecule has 1 aromatic heterocycles. The fourth-order valence-corrected chi connectivity index (χ4v) is 3.11. The van der Waals surface area contributed by atoms with Crippen LogP contribution in [0.25, 0.3) is 5.69 Å². The highest BCUT2D eigenvalue weighted by atomic mass is 16.5. The quantitative estimate of drug-likeness (QED) is 0.496. The number of nitriles is 1. The van der Waals surface area contributed by atoms with Crippen LogP contribution in [0, 0.1) is 11.3 Å². The molecule has 1 N–H and O–H groups in total. The van der Waals surface area contributed by atoms with Gasteiger partial charge in [-0.2, -0.15) is 5.26 Å². The van der Waals surface area contributed by atoms with Crippen molar-refractivity contribution in [3.05, 3.63) is 78.1 Å². The van der Waals surface area contributed by atoms with Gasteiger partial charge in [0.15, 0.2) is 0 Å². The van der Waals surface area contributed by atoms with E-state index in [2.05, 4.69) is 18.3 Å². The highest BCUT2D eigenvalue weighted by molar-refractivity contribution is 5.95. The normalized spacial score (nSPS) is 10.3. The Labute approximate surface area is 171 Å². The molecule has 0 saturated carbocycles. The molecule has 0 bridgehead atoms. The number of carbonyl (C=O) groups is 1. The maximum Gasteiger partial charge on any atom is 0.269 e. The van der Waals surface area contributed by atoms with Crippen molar-refractivity contribution in [1.82, 2.24) is 9.88 Å². The summed E-state index contributed by atoms with van der Waals surface area (Å²) in [7, 11) is 0. The first-order valence-electron chi connectivity index (χ1n) is 9.96. The number of rotatable bonds is 9. The summed E-state index contributed by atoms with van der Waals surface area (Å²) in [6.45, 7) is 2.76. The van der Waals surface area contributed by atoms with E-state index >= 15 is 0 Å². The summed E-state index contributed by atoms with van der Waals surface area (Å²) in [5.74, 6) is 1.23. The maximum absolute atomic E-state index is 12.7. The van der Waals surface area contributed by atoms with Gasteiger partial charge in [0.1, 0.15) is 23.3 Å². The first-order valence-corrected chi connectivity index (χ1v) is 9.96. The van der Waals surface area contributed by atoms with E-state index in [9.17, 15) is 10.1 Å². The monoisotopic (exact) mass is 387 g/mol. The molecule has 1 amide bonds. The summed E-state index contributed by atoms with van der Waals surface area (Å²) >= 11 is 0. The van der Waals surface area contributed by atoms with Crippen LogP contribution in [0.2, 0.25) is 0 Å². The minimum Gasteiger partial charge on any atom is -0.457 e. The van der Waals surface area contributed by atoms with Crippen LogP contribution in [-0.2, 0) is 0 Å². The summed E-state index contributed by atoms with van der Waals surface area (Å²) in [5.41, 5.74) is 1.52. The molecular weight excluding hydrogens is 362 g/mol. The van der Waals surface area contributed by atoms with Gasteiger partial charge < -0.3 is 14.6 Å². The van der Waals surface area contributed by atoms with Crippen LogP contribution in [0.15, 0.2) is 66.9 Å². The van der Waals surface area contributed by atoms with Crippen LogP contribution in [0.4, 0.5) is 0 Å². The molecule has 0 fully saturated rings. The number of amides is 1. The van der Waals surface area contributed by atoms with E-state index in [-0.39, 0.29) is 5.91 Å². The lowest BCUT2D eigenvalue weighted by molar-refractivity contribution is 0.0946. The zero-order valence-corrected chi connectivity index (χ0v) is 16.6. The van der Waals surface area contributed by atoms with Crippen molar-refractivity contribution < 1.29 is 9.53 Å². The number of aromatic nitrogens is 1. The van der Waals surface area contributed by atoms with Gasteiger partial charge in [0, 0.05) is 18.4 Å². The van der Waals surface area contributed by atoms with Crippen molar-refractivity contribution in [3.8, 4) is 23.3 Å². The molecule has 5 nitrogen and oxygen atoms in total. The largest absolute Gasteiger partial charge is 0.457 e. The number of unbranched alkanes of at least 4 members (excludes halogenated alkanes) is 3. The second-order valence-electron chi connectivity index (χ2n) is 6.79. The highest BCUT2D eigenvalue weighted by Gasteiger charge is 2.18. The third kappa shape index (κ3) is 5.26. The summed E-state index contributed by atoms with van der Waals surface area (Å²) in [5, 5.41) is 12.4. The van der Waals surface area contributed by atoms with Gasteiger partial charge in [0.25, 0.3) is 5.91 Å². The average Bonchev–Trinajstić information content (AvgIpc) is 3.19.